The van der Waals surface area contributed by atoms with Gasteiger partial charge in [-0.05, 0) is 20.5 Å². The molecule has 7 heavy (non-hydrogen) atoms. The zero-order chi connectivity index (χ0) is 5.86. The highest BCUT2D eigenvalue weighted by molar-refractivity contribution is 6.20. The van der Waals surface area contributed by atoms with Gasteiger partial charge >= 0.3 is 0 Å². The molecule has 0 spiro atoms. The minimum Gasteiger partial charge on any atom is -0.294 e. The SMILES string of the molecule is CC[C@H](Cl)N(C)C. The van der Waals surface area contributed by atoms with E-state index in [9.17, 15) is 0 Å². The lowest BCUT2D eigenvalue weighted by atomic mass is 10.4. The van der Waals surface area contributed by atoms with Crippen LogP contribution in [0.25, 0.3) is 0 Å². The maximum absolute atomic E-state index is 5.73. The summed E-state index contributed by atoms with van der Waals surface area (Å²) in [5.74, 6) is 0. The summed E-state index contributed by atoms with van der Waals surface area (Å²) in [6, 6.07) is 0. The molecule has 0 rings (SSSR count). The Hall–Kier alpha value is 0.250. The quantitative estimate of drug-likeness (QED) is 0.396. The predicted molar refractivity (Wildman–Crippen MR) is 33.6 cm³/mol. The zero-order valence-corrected chi connectivity index (χ0v) is 5.87. The lowest BCUT2D eigenvalue weighted by Gasteiger charge is -2.13. The van der Waals surface area contributed by atoms with Crippen molar-refractivity contribution in [3.05, 3.63) is 0 Å². The van der Waals surface area contributed by atoms with E-state index >= 15 is 0 Å². The van der Waals surface area contributed by atoms with Crippen LogP contribution in [0.1, 0.15) is 13.3 Å². The van der Waals surface area contributed by atoms with E-state index in [4.69, 9.17) is 11.6 Å². The largest absolute Gasteiger partial charge is 0.294 e. The average molecular weight is 122 g/mol. The van der Waals surface area contributed by atoms with Crippen molar-refractivity contribution in [3.8, 4) is 0 Å². The molecular weight excluding hydrogens is 110 g/mol. The molecule has 0 amide bonds. The Labute approximate surface area is 50.3 Å². The molecule has 0 saturated carbocycles. The van der Waals surface area contributed by atoms with Gasteiger partial charge in [0.15, 0.2) is 0 Å². The van der Waals surface area contributed by atoms with Crippen molar-refractivity contribution in [2.24, 2.45) is 0 Å². The highest BCUT2D eigenvalue weighted by Gasteiger charge is 1.99. The third kappa shape index (κ3) is 2.89. The molecule has 0 aromatic carbocycles. The van der Waals surface area contributed by atoms with Crippen LogP contribution in [-0.2, 0) is 0 Å². The molecule has 0 heterocycles. The van der Waals surface area contributed by atoms with Crippen LogP contribution in [0.4, 0.5) is 0 Å². The molecule has 0 aliphatic rings. The molecule has 0 aromatic heterocycles. The van der Waals surface area contributed by atoms with Gasteiger partial charge in [0.25, 0.3) is 0 Å². The summed E-state index contributed by atoms with van der Waals surface area (Å²) in [6.07, 6.45) is 1.01. The van der Waals surface area contributed by atoms with E-state index in [1.54, 1.807) is 0 Å². The fourth-order valence-electron chi connectivity index (χ4n) is 0.365. The first-order valence-electron chi connectivity index (χ1n) is 2.49. The summed E-state index contributed by atoms with van der Waals surface area (Å²) in [6.45, 7) is 2.07. The van der Waals surface area contributed by atoms with E-state index in [0.29, 0.717) is 0 Å². The van der Waals surface area contributed by atoms with Crippen molar-refractivity contribution in [1.29, 1.82) is 0 Å². The second kappa shape index (κ2) is 3.28. The second-order valence-electron chi connectivity index (χ2n) is 1.81. The van der Waals surface area contributed by atoms with Crippen molar-refractivity contribution in [2.75, 3.05) is 14.1 Å². The molecular formula is C5H12ClN. The molecule has 0 saturated heterocycles. The number of hydrogen-bond acceptors (Lipinski definition) is 1. The first-order chi connectivity index (χ1) is 3.18. The third-order valence-corrected chi connectivity index (χ3v) is 1.60. The van der Waals surface area contributed by atoms with E-state index in [0.717, 1.165) is 6.42 Å². The molecule has 2 heteroatoms. The lowest BCUT2D eigenvalue weighted by Crippen LogP contribution is -2.20. The molecule has 1 nitrogen and oxygen atoms in total. The van der Waals surface area contributed by atoms with Gasteiger partial charge in [-0.25, -0.2) is 0 Å². The topological polar surface area (TPSA) is 3.24 Å². The van der Waals surface area contributed by atoms with Crippen molar-refractivity contribution in [2.45, 2.75) is 18.8 Å². The Morgan fingerprint density at radius 2 is 2.00 bits per heavy atom. The van der Waals surface area contributed by atoms with Crippen LogP contribution >= 0.6 is 11.6 Å². The van der Waals surface area contributed by atoms with Gasteiger partial charge in [-0.3, -0.25) is 4.90 Å². The fourth-order valence-corrected chi connectivity index (χ4v) is 0.365. The monoisotopic (exact) mass is 121 g/mol. The van der Waals surface area contributed by atoms with E-state index in [2.05, 4.69) is 6.92 Å². The Kier molecular flexibility index (Phi) is 3.39. The Bertz CT molecular complexity index is 45.3. The van der Waals surface area contributed by atoms with Crippen LogP contribution < -0.4 is 0 Å². The molecule has 1 atom stereocenters. The van der Waals surface area contributed by atoms with E-state index < -0.39 is 0 Å². The molecule has 44 valence electrons. The Morgan fingerprint density at radius 1 is 1.57 bits per heavy atom. The van der Waals surface area contributed by atoms with Crippen LogP contribution in [0.2, 0.25) is 0 Å². The number of hydrogen-bond donors (Lipinski definition) is 0. The summed E-state index contributed by atoms with van der Waals surface area (Å²) in [5.41, 5.74) is 0.208. The summed E-state index contributed by atoms with van der Waals surface area (Å²) in [7, 11) is 3.95. The van der Waals surface area contributed by atoms with Crippen molar-refractivity contribution in [3.63, 3.8) is 0 Å². The van der Waals surface area contributed by atoms with Gasteiger partial charge in [0, 0.05) is 0 Å². The van der Waals surface area contributed by atoms with Gasteiger partial charge in [-0.1, -0.05) is 6.92 Å². The van der Waals surface area contributed by atoms with Gasteiger partial charge in [-0.15, -0.1) is 11.6 Å². The highest BCUT2D eigenvalue weighted by atomic mass is 35.5. The van der Waals surface area contributed by atoms with Gasteiger partial charge in [0.1, 0.15) is 0 Å². The number of halogens is 1. The Balaban J connectivity index is 3.14. The van der Waals surface area contributed by atoms with E-state index in [1.165, 1.54) is 0 Å². The average Bonchev–Trinajstić information content (AvgIpc) is 1.65. The molecule has 0 radical (unpaired) electrons. The van der Waals surface area contributed by atoms with E-state index in [-0.39, 0.29) is 5.50 Å². The summed E-state index contributed by atoms with van der Waals surface area (Å²) >= 11 is 5.73. The maximum Gasteiger partial charge on any atom is 0.0842 e. The van der Waals surface area contributed by atoms with Crippen LogP contribution in [0, 0.1) is 0 Å². The van der Waals surface area contributed by atoms with Gasteiger partial charge in [0.05, 0.1) is 5.50 Å². The molecule has 0 N–H and O–H groups in total. The number of alkyl halides is 1. The number of nitrogens with zero attached hydrogens (tertiary/aromatic N) is 1. The minimum atomic E-state index is 0.208. The normalized spacial score (nSPS) is 15.0. The van der Waals surface area contributed by atoms with E-state index in [1.807, 2.05) is 19.0 Å². The highest BCUT2D eigenvalue weighted by Crippen LogP contribution is 2.01. The minimum absolute atomic E-state index is 0.208. The molecule has 0 unspecified atom stereocenters. The standard InChI is InChI=1S/C5H12ClN/c1-4-5(6)7(2)3/h5H,4H2,1-3H3/t5-/m1/s1. The predicted octanol–water partition coefficient (Wildman–Crippen LogP) is 1.52. The van der Waals surface area contributed by atoms with Crippen LogP contribution in [0.5, 0.6) is 0 Å². The lowest BCUT2D eigenvalue weighted by molar-refractivity contribution is 0.369. The first-order valence-corrected chi connectivity index (χ1v) is 2.92. The molecule has 0 aliphatic carbocycles. The smallest absolute Gasteiger partial charge is 0.0842 e. The fraction of sp³-hybridized carbons (Fsp3) is 1.00. The van der Waals surface area contributed by atoms with Gasteiger partial charge in [0.2, 0.25) is 0 Å². The molecule has 0 aromatic rings. The molecule has 0 aliphatic heterocycles. The summed E-state index contributed by atoms with van der Waals surface area (Å²) < 4.78 is 0. The molecule has 0 bridgehead atoms. The van der Waals surface area contributed by atoms with Gasteiger partial charge in [-0.2, -0.15) is 0 Å². The first kappa shape index (κ1) is 7.25. The van der Waals surface area contributed by atoms with Gasteiger partial charge < -0.3 is 0 Å². The zero-order valence-electron chi connectivity index (χ0n) is 5.11. The Morgan fingerprint density at radius 3 is 2.00 bits per heavy atom. The summed E-state index contributed by atoms with van der Waals surface area (Å²) in [5, 5.41) is 0. The van der Waals surface area contributed by atoms with Crippen molar-refractivity contribution >= 4 is 11.6 Å². The van der Waals surface area contributed by atoms with Crippen molar-refractivity contribution in [1.82, 2.24) is 4.90 Å². The number of rotatable bonds is 2. The van der Waals surface area contributed by atoms with Crippen LogP contribution in [0.3, 0.4) is 0 Å². The third-order valence-electron chi connectivity index (χ3n) is 0.897. The molecule has 0 fully saturated rings. The van der Waals surface area contributed by atoms with Crippen LogP contribution in [0.15, 0.2) is 0 Å². The van der Waals surface area contributed by atoms with Crippen LogP contribution in [-0.4, -0.2) is 24.5 Å². The summed E-state index contributed by atoms with van der Waals surface area (Å²) in [4.78, 5) is 1.99. The maximum atomic E-state index is 5.73. The second-order valence-corrected chi connectivity index (χ2v) is 2.31. The van der Waals surface area contributed by atoms with Crippen molar-refractivity contribution < 1.29 is 0 Å².